The molecule has 1 N–H and O–H groups in total. The second kappa shape index (κ2) is 5.63. The highest BCUT2D eigenvalue weighted by molar-refractivity contribution is 5.76. The third-order valence-corrected chi connectivity index (χ3v) is 7.15. The normalized spacial score (nSPS) is 30.8. The maximum absolute atomic E-state index is 13.2. The molecule has 5 nitrogen and oxygen atoms in total. The van der Waals surface area contributed by atoms with E-state index in [2.05, 4.69) is 31.7 Å². The summed E-state index contributed by atoms with van der Waals surface area (Å²) in [4.78, 5) is 17.2. The highest BCUT2D eigenvalue weighted by Crippen LogP contribution is 2.57. The van der Waals surface area contributed by atoms with Crippen molar-refractivity contribution >= 4 is 6.03 Å². The molecule has 1 aromatic carbocycles. The van der Waals surface area contributed by atoms with Crippen LogP contribution in [0.1, 0.15) is 38.3 Å². The van der Waals surface area contributed by atoms with E-state index in [4.69, 9.17) is 4.74 Å². The lowest BCUT2D eigenvalue weighted by Gasteiger charge is -2.61. The van der Waals surface area contributed by atoms with Crippen LogP contribution in [0.15, 0.2) is 18.2 Å². The van der Waals surface area contributed by atoms with Crippen molar-refractivity contribution in [2.24, 2.45) is 5.41 Å². The lowest BCUT2D eigenvalue weighted by atomic mass is 9.51. The van der Waals surface area contributed by atoms with Crippen LogP contribution in [0.4, 0.5) is 4.79 Å². The summed E-state index contributed by atoms with van der Waals surface area (Å²) in [5, 5.41) is 10.4. The number of phenolic OH excluding ortho intramolecular Hbond substituents is 1. The Morgan fingerprint density at radius 3 is 2.64 bits per heavy atom. The number of carbonyl (C=O) groups excluding carboxylic acids is 1. The van der Waals surface area contributed by atoms with Gasteiger partial charge in [0.05, 0.1) is 13.2 Å². The van der Waals surface area contributed by atoms with Gasteiger partial charge in [0.15, 0.2) is 0 Å². The molecule has 2 amide bonds. The first kappa shape index (κ1) is 16.7. The van der Waals surface area contributed by atoms with Gasteiger partial charge in [-0.2, -0.15) is 0 Å². The van der Waals surface area contributed by atoms with Crippen molar-refractivity contribution in [3.63, 3.8) is 0 Å². The van der Waals surface area contributed by atoms with Gasteiger partial charge in [-0.15, -0.1) is 0 Å². The van der Waals surface area contributed by atoms with Crippen molar-refractivity contribution in [1.82, 2.24) is 9.80 Å². The Morgan fingerprint density at radius 2 is 1.92 bits per heavy atom. The number of piperidine rings is 1. The second-order valence-electron chi connectivity index (χ2n) is 8.40. The van der Waals surface area contributed by atoms with E-state index in [0.717, 1.165) is 24.9 Å². The molecule has 0 spiro atoms. The van der Waals surface area contributed by atoms with Crippen LogP contribution in [0, 0.1) is 5.41 Å². The van der Waals surface area contributed by atoms with E-state index in [1.165, 1.54) is 5.56 Å². The summed E-state index contributed by atoms with van der Waals surface area (Å²) < 4.78 is 5.39. The minimum absolute atomic E-state index is 0.0359. The maximum Gasteiger partial charge on any atom is 0.320 e. The van der Waals surface area contributed by atoms with Gasteiger partial charge < -0.3 is 19.6 Å². The molecular formula is C20H28N2O3. The Hall–Kier alpha value is -1.75. The van der Waals surface area contributed by atoms with Crippen molar-refractivity contribution in [1.29, 1.82) is 0 Å². The Balaban J connectivity index is 1.72. The van der Waals surface area contributed by atoms with Gasteiger partial charge in [-0.1, -0.05) is 32.9 Å². The fourth-order valence-electron chi connectivity index (χ4n) is 5.09. The van der Waals surface area contributed by atoms with Crippen LogP contribution in [0.25, 0.3) is 0 Å². The molecule has 2 fully saturated rings. The molecule has 0 saturated carbocycles. The first-order chi connectivity index (χ1) is 11.9. The average molecular weight is 344 g/mol. The molecule has 3 aliphatic rings. The quantitative estimate of drug-likeness (QED) is 0.787. The van der Waals surface area contributed by atoms with Crippen molar-refractivity contribution in [3.05, 3.63) is 29.3 Å². The van der Waals surface area contributed by atoms with Crippen LogP contribution in [-0.2, 0) is 16.6 Å². The van der Waals surface area contributed by atoms with Gasteiger partial charge in [0, 0.05) is 31.1 Å². The highest BCUT2D eigenvalue weighted by Gasteiger charge is 2.57. The van der Waals surface area contributed by atoms with Gasteiger partial charge in [-0.25, -0.2) is 4.79 Å². The van der Waals surface area contributed by atoms with Crippen LogP contribution in [0.3, 0.4) is 0 Å². The number of fused-ring (bicyclic) bond motifs is 4. The number of ether oxygens (including phenoxy) is 1. The number of benzene rings is 1. The van der Waals surface area contributed by atoms with Gasteiger partial charge in [-0.05, 0) is 35.4 Å². The number of likely N-dealkylation sites (tertiary alicyclic amines) is 1. The molecule has 2 heterocycles. The van der Waals surface area contributed by atoms with E-state index in [1.807, 2.05) is 11.0 Å². The summed E-state index contributed by atoms with van der Waals surface area (Å²) in [7, 11) is 0. The van der Waals surface area contributed by atoms with Crippen LogP contribution >= 0.6 is 0 Å². The predicted molar refractivity (Wildman–Crippen MR) is 95.8 cm³/mol. The molecule has 2 saturated heterocycles. The minimum Gasteiger partial charge on any atom is -0.508 e. The van der Waals surface area contributed by atoms with Crippen molar-refractivity contribution in [3.8, 4) is 5.75 Å². The number of aromatic hydroxyl groups is 1. The van der Waals surface area contributed by atoms with Gasteiger partial charge in [0.25, 0.3) is 0 Å². The lowest BCUT2D eigenvalue weighted by molar-refractivity contribution is -0.0316. The molecule has 2 bridgehead atoms. The summed E-state index contributed by atoms with van der Waals surface area (Å²) in [6.45, 7) is 10.2. The number of carbonyl (C=O) groups is 1. The number of nitrogens with zero attached hydrogens (tertiary/aromatic N) is 2. The second-order valence-corrected chi connectivity index (χ2v) is 8.40. The number of rotatable bonds is 0. The summed E-state index contributed by atoms with van der Waals surface area (Å²) in [5.41, 5.74) is 2.20. The monoisotopic (exact) mass is 344 g/mol. The van der Waals surface area contributed by atoms with E-state index in [-0.39, 0.29) is 22.9 Å². The largest absolute Gasteiger partial charge is 0.508 e. The molecular weight excluding hydrogens is 316 g/mol. The number of hydrogen-bond acceptors (Lipinski definition) is 3. The van der Waals surface area contributed by atoms with Crippen LogP contribution in [0.2, 0.25) is 0 Å². The zero-order chi connectivity index (χ0) is 17.8. The van der Waals surface area contributed by atoms with E-state index in [9.17, 15) is 9.90 Å². The highest BCUT2D eigenvalue weighted by atomic mass is 16.5. The smallest absolute Gasteiger partial charge is 0.320 e. The first-order valence-corrected chi connectivity index (χ1v) is 9.31. The van der Waals surface area contributed by atoms with Crippen LogP contribution in [0.5, 0.6) is 5.75 Å². The molecule has 2 aliphatic heterocycles. The third-order valence-electron chi connectivity index (χ3n) is 7.15. The van der Waals surface area contributed by atoms with Crippen LogP contribution in [-0.4, -0.2) is 59.8 Å². The molecule has 0 unspecified atom stereocenters. The van der Waals surface area contributed by atoms with Gasteiger partial charge in [0.2, 0.25) is 0 Å². The molecule has 0 radical (unpaired) electrons. The molecule has 0 aromatic heterocycles. The Labute approximate surface area is 149 Å². The summed E-state index contributed by atoms with van der Waals surface area (Å²) in [5.74, 6) is 0.366. The van der Waals surface area contributed by atoms with E-state index in [0.29, 0.717) is 32.1 Å². The summed E-state index contributed by atoms with van der Waals surface area (Å²) in [6, 6.07) is 6.10. The Kier molecular flexibility index (Phi) is 3.76. The Bertz CT molecular complexity index is 696. The Morgan fingerprint density at radius 1 is 1.20 bits per heavy atom. The zero-order valence-electron chi connectivity index (χ0n) is 15.4. The molecule has 2 atom stereocenters. The molecule has 136 valence electrons. The average Bonchev–Trinajstić information content (AvgIpc) is 2.59. The van der Waals surface area contributed by atoms with Gasteiger partial charge >= 0.3 is 6.03 Å². The number of amides is 2. The first-order valence-electron chi connectivity index (χ1n) is 9.31. The topological polar surface area (TPSA) is 53.0 Å². The molecule has 1 aliphatic carbocycles. The van der Waals surface area contributed by atoms with E-state index >= 15 is 0 Å². The molecule has 5 heteroatoms. The number of hydrogen-bond donors (Lipinski definition) is 1. The molecule has 25 heavy (non-hydrogen) atoms. The standard InChI is InChI=1S/C20H28N2O3/c1-19(2)17-13-14-15(5-4-6-16(14)23)20(19,3)7-8-22(17)18(24)21-9-11-25-12-10-21/h4-6,17,23H,7-13H2,1-3H3/t17-,20+/m1/s1. The van der Waals surface area contributed by atoms with Gasteiger partial charge in [0.1, 0.15) is 5.75 Å². The predicted octanol–water partition coefficient (Wildman–Crippen LogP) is 2.76. The fourth-order valence-corrected chi connectivity index (χ4v) is 5.09. The number of morpholine rings is 1. The lowest BCUT2D eigenvalue weighted by Crippen LogP contribution is -2.66. The van der Waals surface area contributed by atoms with Crippen molar-refractivity contribution in [2.45, 2.75) is 45.1 Å². The van der Waals surface area contributed by atoms with E-state index < -0.39 is 0 Å². The molecule has 4 rings (SSSR count). The SMILES string of the molecule is CC1(C)[C@H]2Cc3c(O)cccc3[C@]1(C)CCN2C(=O)N1CCOCC1. The summed E-state index contributed by atoms with van der Waals surface area (Å²) >= 11 is 0. The van der Waals surface area contributed by atoms with Gasteiger partial charge in [-0.3, -0.25) is 0 Å². The molecule has 1 aromatic rings. The fraction of sp³-hybridized carbons (Fsp3) is 0.650. The van der Waals surface area contributed by atoms with Crippen molar-refractivity contribution < 1.29 is 14.6 Å². The zero-order valence-corrected chi connectivity index (χ0v) is 15.4. The minimum atomic E-state index is -0.0476. The number of urea groups is 1. The summed E-state index contributed by atoms with van der Waals surface area (Å²) in [6.07, 6.45) is 1.64. The van der Waals surface area contributed by atoms with E-state index in [1.54, 1.807) is 6.07 Å². The van der Waals surface area contributed by atoms with Crippen molar-refractivity contribution in [2.75, 3.05) is 32.8 Å². The third kappa shape index (κ3) is 2.28. The number of phenols is 1. The van der Waals surface area contributed by atoms with Crippen LogP contribution < -0.4 is 0 Å². The maximum atomic E-state index is 13.2.